The van der Waals surface area contributed by atoms with Crippen LogP contribution < -0.4 is 10.2 Å². The molecule has 0 aliphatic carbocycles. The van der Waals surface area contributed by atoms with Crippen molar-refractivity contribution in [2.45, 2.75) is 32.6 Å². The van der Waals surface area contributed by atoms with Crippen molar-refractivity contribution >= 4 is 12.1 Å². The maximum absolute atomic E-state index is 11.9. The predicted octanol–water partition coefficient (Wildman–Crippen LogP) is 4.12. The summed E-state index contributed by atoms with van der Waals surface area (Å²) >= 11 is 0. The SMILES string of the molecule is CCCCCCOc1ccc(/C=N/NC(=O)c2ccc(O)cc2)cc1. The summed E-state index contributed by atoms with van der Waals surface area (Å²) in [6, 6.07) is 13.5. The summed E-state index contributed by atoms with van der Waals surface area (Å²) in [4.78, 5) is 11.9. The molecule has 1 amide bonds. The molecule has 0 saturated carbocycles. The average Bonchev–Trinajstić information content (AvgIpc) is 2.63. The number of carbonyl (C=O) groups is 1. The van der Waals surface area contributed by atoms with Gasteiger partial charge in [0.2, 0.25) is 0 Å². The molecule has 0 heterocycles. The van der Waals surface area contributed by atoms with Crippen molar-refractivity contribution in [1.82, 2.24) is 5.43 Å². The van der Waals surface area contributed by atoms with Crippen molar-refractivity contribution in [3.05, 3.63) is 59.7 Å². The van der Waals surface area contributed by atoms with E-state index in [2.05, 4.69) is 17.5 Å². The molecule has 2 N–H and O–H groups in total. The molecule has 25 heavy (non-hydrogen) atoms. The molecular formula is C20H24N2O3. The van der Waals surface area contributed by atoms with Crippen LogP contribution in [0.25, 0.3) is 0 Å². The Balaban J connectivity index is 1.77. The number of hydrazone groups is 1. The lowest BCUT2D eigenvalue weighted by Crippen LogP contribution is -2.17. The van der Waals surface area contributed by atoms with Crippen LogP contribution in [0.15, 0.2) is 53.6 Å². The van der Waals surface area contributed by atoms with Gasteiger partial charge >= 0.3 is 0 Å². The number of rotatable bonds is 9. The maximum Gasteiger partial charge on any atom is 0.271 e. The van der Waals surface area contributed by atoms with E-state index in [1.807, 2.05) is 24.3 Å². The monoisotopic (exact) mass is 340 g/mol. The Morgan fingerprint density at radius 1 is 1.08 bits per heavy atom. The van der Waals surface area contributed by atoms with Gasteiger partial charge in [0.25, 0.3) is 5.91 Å². The number of hydrogen-bond donors (Lipinski definition) is 2. The molecule has 5 heteroatoms. The second-order valence-corrected chi connectivity index (χ2v) is 5.72. The standard InChI is InChI=1S/C20H24N2O3/c1-2-3-4-5-14-25-19-12-6-16(7-13-19)15-21-22-20(24)17-8-10-18(23)11-9-17/h6-13,15,23H,2-5,14H2,1H3,(H,22,24)/b21-15+. The quantitative estimate of drug-likeness (QED) is 0.410. The van der Waals surface area contributed by atoms with Crippen LogP contribution in [0.1, 0.15) is 48.5 Å². The molecule has 0 radical (unpaired) electrons. The highest BCUT2D eigenvalue weighted by Crippen LogP contribution is 2.12. The number of phenols is 1. The number of nitrogens with zero attached hydrogens (tertiary/aromatic N) is 1. The lowest BCUT2D eigenvalue weighted by atomic mass is 10.2. The summed E-state index contributed by atoms with van der Waals surface area (Å²) in [6.45, 7) is 2.92. The largest absolute Gasteiger partial charge is 0.508 e. The van der Waals surface area contributed by atoms with E-state index in [1.54, 1.807) is 6.21 Å². The van der Waals surface area contributed by atoms with Crippen LogP contribution in [-0.4, -0.2) is 23.8 Å². The molecule has 5 nitrogen and oxygen atoms in total. The van der Waals surface area contributed by atoms with E-state index in [4.69, 9.17) is 4.74 Å². The highest BCUT2D eigenvalue weighted by atomic mass is 16.5. The smallest absolute Gasteiger partial charge is 0.271 e. The number of amides is 1. The fourth-order valence-corrected chi connectivity index (χ4v) is 2.21. The van der Waals surface area contributed by atoms with Gasteiger partial charge in [0, 0.05) is 5.56 Å². The summed E-state index contributed by atoms with van der Waals surface area (Å²) in [5.74, 6) is 0.623. The van der Waals surface area contributed by atoms with Gasteiger partial charge in [0.15, 0.2) is 0 Å². The number of aromatic hydroxyl groups is 1. The van der Waals surface area contributed by atoms with Crippen molar-refractivity contribution in [2.24, 2.45) is 5.10 Å². The second kappa shape index (κ2) is 10.1. The number of ether oxygens (including phenoxy) is 1. The Bertz CT molecular complexity index is 679. The minimum Gasteiger partial charge on any atom is -0.508 e. The number of carbonyl (C=O) groups excluding carboxylic acids is 1. The Hall–Kier alpha value is -2.82. The molecular weight excluding hydrogens is 316 g/mol. The molecule has 2 aromatic rings. The van der Waals surface area contributed by atoms with E-state index in [0.717, 1.165) is 24.3 Å². The summed E-state index contributed by atoms with van der Waals surface area (Å²) < 4.78 is 5.68. The van der Waals surface area contributed by atoms with E-state index in [-0.39, 0.29) is 11.7 Å². The van der Waals surface area contributed by atoms with Crippen molar-refractivity contribution in [3.8, 4) is 11.5 Å². The lowest BCUT2D eigenvalue weighted by Gasteiger charge is -2.06. The van der Waals surface area contributed by atoms with Crippen LogP contribution in [0, 0.1) is 0 Å². The fraction of sp³-hybridized carbons (Fsp3) is 0.300. The predicted molar refractivity (Wildman–Crippen MR) is 99.2 cm³/mol. The molecule has 0 saturated heterocycles. The van der Waals surface area contributed by atoms with Crippen molar-refractivity contribution in [3.63, 3.8) is 0 Å². The third kappa shape index (κ3) is 6.67. The first-order chi connectivity index (χ1) is 12.2. The molecule has 0 fully saturated rings. The minimum atomic E-state index is -0.330. The van der Waals surface area contributed by atoms with Crippen LogP contribution in [0.2, 0.25) is 0 Å². The van der Waals surface area contributed by atoms with Crippen molar-refractivity contribution in [1.29, 1.82) is 0 Å². The first-order valence-corrected chi connectivity index (χ1v) is 8.54. The third-order valence-electron chi connectivity index (χ3n) is 3.66. The highest BCUT2D eigenvalue weighted by Gasteiger charge is 2.03. The molecule has 0 aromatic heterocycles. The zero-order valence-corrected chi connectivity index (χ0v) is 14.4. The zero-order valence-electron chi connectivity index (χ0n) is 14.4. The third-order valence-corrected chi connectivity index (χ3v) is 3.66. The van der Waals surface area contributed by atoms with E-state index >= 15 is 0 Å². The van der Waals surface area contributed by atoms with Gasteiger partial charge < -0.3 is 9.84 Å². The number of unbranched alkanes of at least 4 members (excludes halogenated alkanes) is 3. The topological polar surface area (TPSA) is 70.9 Å². The minimum absolute atomic E-state index is 0.118. The molecule has 0 unspecified atom stereocenters. The van der Waals surface area contributed by atoms with Gasteiger partial charge in [0.05, 0.1) is 12.8 Å². The van der Waals surface area contributed by atoms with Gasteiger partial charge in [-0.15, -0.1) is 0 Å². The summed E-state index contributed by atoms with van der Waals surface area (Å²) in [7, 11) is 0. The normalized spacial score (nSPS) is 10.8. The molecule has 0 aliphatic heterocycles. The van der Waals surface area contributed by atoms with E-state index in [9.17, 15) is 9.90 Å². The molecule has 0 bridgehead atoms. The van der Waals surface area contributed by atoms with E-state index in [0.29, 0.717) is 5.56 Å². The Morgan fingerprint density at radius 3 is 2.48 bits per heavy atom. The molecule has 2 rings (SSSR count). The molecule has 0 aliphatic rings. The van der Waals surface area contributed by atoms with Crippen molar-refractivity contribution in [2.75, 3.05) is 6.61 Å². The van der Waals surface area contributed by atoms with Gasteiger partial charge in [-0.25, -0.2) is 5.43 Å². The number of phenolic OH excluding ortho intramolecular Hbond substituents is 1. The number of hydrogen-bond acceptors (Lipinski definition) is 4. The first kappa shape index (κ1) is 18.5. The number of benzene rings is 2. The number of nitrogens with one attached hydrogen (secondary N) is 1. The fourth-order valence-electron chi connectivity index (χ4n) is 2.21. The van der Waals surface area contributed by atoms with Gasteiger partial charge in [-0.3, -0.25) is 4.79 Å². The molecule has 2 aromatic carbocycles. The van der Waals surface area contributed by atoms with Crippen LogP contribution >= 0.6 is 0 Å². The summed E-state index contributed by atoms with van der Waals surface area (Å²) in [5.41, 5.74) is 3.75. The molecule has 0 spiro atoms. The maximum atomic E-state index is 11.9. The Kier molecular flexibility index (Phi) is 7.50. The highest BCUT2D eigenvalue weighted by molar-refractivity contribution is 5.94. The van der Waals surface area contributed by atoms with E-state index < -0.39 is 0 Å². The Labute approximate surface area is 148 Å². The molecule has 132 valence electrons. The molecule has 0 atom stereocenters. The summed E-state index contributed by atoms with van der Waals surface area (Å²) in [6.07, 6.45) is 6.30. The van der Waals surface area contributed by atoms with Gasteiger partial charge in [0.1, 0.15) is 11.5 Å². The van der Waals surface area contributed by atoms with Crippen LogP contribution in [0.5, 0.6) is 11.5 Å². The average molecular weight is 340 g/mol. The van der Waals surface area contributed by atoms with Gasteiger partial charge in [-0.2, -0.15) is 5.10 Å². The van der Waals surface area contributed by atoms with Crippen molar-refractivity contribution < 1.29 is 14.6 Å². The van der Waals surface area contributed by atoms with Crippen LogP contribution in [-0.2, 0) is 0 Å². The van der Waals surface area contributed by atoms with Crippen LogP contribution in [0.4, 0.5) is 0 Å². The van der Waals surface area contributed by atoms with Crippen LogP contribution in [0.3, 0.4) is 0 Å². The van der Waals surface area contributed by atoms with Gasteiger partial charge in [-0.1, -0.05) is 26.2 Å². The van der Waals surface area contributed by atoms with Gasteiger partial charge in [-0.05, 0) is 60.5 Å². The first-order valence-electron chi connectivity index (χ1n) is 8.54. The lowest BCUT2D eigenvalue weighted by molar-refractivity contribution is 0.0955. The Morgan fingerprint density at radius 2 is 1.80 bits per heavy atom. The zero-order chi connectivity index (χ0) is 17.9. The second-order valence-electron chi connectivity index (χ2n) is 5.72. The van der Waals surface area contributed by atoms with E-state index in [1.165, 1.54) is 43.5 Å². The summed E-state index contributed by atoms with van der Waals surface area (Å²) in [5, 5.41) is 13.1.